The van der Waals surface area contributed by atoms with Crippen LogP contribution in [0.2, 0.25) is 0 Å². The molecule has 0 aliphatic heterocycles. The molecule has 0 radical (unpaired) electrons. The molecule has 2 unspecified atom stereocenters. The van der Waals surface area contributed by atoms with Gasteiger partial charge < -0.3 is 15.4 Å². The highest BCUT2D eigenvalue weighted by molar-refractivity contribution is 9.10. The highest BCUT2D eigenvalue weighted by atomic mass is 79.9. The molecule has 1 aliphatic carbocycles. The summed E-state index contributed by atoms with van der Waals surface area (Å²) >= 11 is 3.41. The summed E-state index contributed by atoms with van der Waals surface area (Å²) in [5.74, 6) is 0.640. The summed E-state index contributed by atoms with van der Waals surface area (Å²) in [6.07, 6.45) is 0.827. The van der Waals surface area contributed by atoms with E-state index < -0.39 is 0 Å². The largest absolute Gasteiger partial charge is 0.494 e. The van der Waals surface area contributed by atoms with Gasteiger partial charge in [-0.3, -0.25) is 9.59 Å². The Hall–Kier alpha value is -2.34. The van der Waals surface area contributed by atoms with Crippen molar-refractivity contribution in [2.24, 2.45) is 5.92 Å². The number of rotatable bonds is 7. The van der Waals surface area contributed by atoms with Crippen LogP contribution >= 0.6 is 15.9 Å². The Bertz CT molecular complexity index is 775. The Labute approximate surface area is 161 Å². The van der Waals surface area contributed by atoms with Crippen LogP contribution in [0, 0.1) is 5.92 Å². The van der Waals surface area contributed by atoms with E-state index in [1.807, 2.05) is 31.2 Å². The summed E-state index contributed by atoms with van der Waals surface area (Å²) in [7, 11) is 0. The van der Waals surface area contributed by atoms with E-state index >= 15 is 0 Å². The van der Waals surface area contributed by atoms with Crippen molar-refractivity contribution in [2.75, 3.05) is 18.5 Å². The van der Waals surface area contributed by atoms with E-state index in [0.29, 0.717) is 12.3 Å². The number of halogens is 1. The van der Waals surface area contributed by atoms with E-state index in [2.05, 4.69) is 26.6 Å². The topological polar surface area (TPSA) is 67.4 Å². The molecule has 2 aromatic rings. The van der Waals surface area contributed by atoms with Crippen molar-refractivity contribution in [1.29, 1.82) is 0 Å². The summed E-state index contributed by atoms with van der Waals surface area (Å²) in [6, 6.07) is 15.2. The van der Waals surface area contributed by atoms with Gasteiger partial charge in [0.15, 0.2) is 0 Å². The lowest BCUT2D eigenvalue weighted by Crippen LogP contribution is -2.34. The van der Waals surface area contributed by atoms with Crippen LogP contribution in [-0.4, -0.2) is 25.0 Å². The van der Waals surface area contributed by atoms with E-state index in [1.165, 1.54) is 0 Å². The fourth-order valence-electron chi connectivity index (χ4n) is 2.87. The van der Waals surface area contributed by atoms with Crippen molar-refractivity contribution in [1.82, 2.24) is 5.32 Å². The first-order chi connectivity index (χ1) is 12.6. The number of hydrogen-bond donors (Lipinski definition) is 2. The van der Waals surface area contributed by atoms with Crippen LogP contribution in [-0.2, 0) is 9.59 Å². The lowest BCUT2D eigenvalue weighted by molar-refractivity contribution is -0.125. The van der Waals surface area contributed by atoms with Crippen LogP contribution < -0.4 is 15.4 Å². The number of amides is 2. The number of hydrogen-bond acceptors (Lipinski definition) is 3. The van der Waals surface area contributed by atoms with Crippen LogP contribution in [0.4, 0.5) is 5.69 Å². The first kappa shape index (κ1) is 18.5. The van der Waals surface area contributed by atoms with Gasteiger partial charge in [0.2, 0.25) is 11.8 Å². The number of ether oxygens (including phenoxy) is 1. The quantitative estimate of drug-likeness (QED) is 0.722. The first-order valence-corrected chi connectivity index (χ1v) is 9.42. The van der Waals surface area contributed by atoms with Crippen LogP contribution in [0.15, 0.2) is 53.0 Å². The fraction of sp³-hybridized carbons (Fsp3) is 0.300. The third-order valence-electron chi connectivity index (χ3n) is 4.30. The minimum atomic E-state index is -0.247. The second kappa shape index (κ2) is 8.36. The number of nitrogens with one attached hydrogen (secondary N) is 2. The molecule has 1 fully saturated rings. The molecule has 26 heavy (non-hydrogen) atoms. The van der Waals surface area contributed by atoms with Crippen molar-refractivity contribution in [3.8, 4) is 5.75 Å². The van der Waals surface area contributed by atoms with Crippen molar-refractivity contribution in [3.63, 3.8) is 0 Å². The third kappa shape index (κ3) is 4.85. The van der Waals surface area contributed by atoms with Gasteiger partial charge >= 0.3 is 0 Å². The van der Waals surface area contributed by atoms with E-state index in [-0.39, 0.29) is 30.2 Å². The summed E-state index contributed by atoms with van der Waals surface area (Å²) in [5, 5.41) is 5.48. The molecule has 0 spiro atoms. The Morgan fingerprint density at radius 3 is 2.46 bits per heavy atom. The SMILES string of the molecule is CCOc1ccc(NC(=O)CNC(=O)C2CC2c2ccc(Br)cc2)cc1. The average Bonchev–Trinajstić information content (AvgIpc) is 3.43. The van der Waals surface area contributed by atoms with E-state index in [9.17, 15) is 9.59 Å². The highest BCUT2D eigenvalue weighted by Crippen LogP contribution is 2.47. The van der Waals surface area contributed by atoms with Crippen LogP contribution in [0.5, 0.6) is 5.75 Å². The maximum absolute atomic E-state index is 12.2. The normalized spacial score (nSPS) is 18.1. The summed E-state index contributed by atoms with van der Waals surface area (Å²) in [5.41, 5.74) is 1.83. The van der Waals surface area contributed by atoms with E-state index in [1.54, 1.807) is 24.3 Å². The number of carbonyl (C=O) groups is 2. The molecular weight excluding hydrogens is 396 g/mol. The van der Waals surface area contributed by atoms with Gasteiger partial charge in [0.1, 0.15) is 5.75 Å². The van der Waals surface area contributed by atoms with E-state index in [4.69, 9.17) is 4.74 Å². The monoisotopic (exact) mass is 416 g/mol. The zero-order valence-corrected chi connectivity index (χ0v) is 16.1. The lowest BCUT2D eigenvalue weighted by Gasteiger charge is -2.08. The molecule has 0 aromatic heterocycles. The Balaban J connectivity index is 1.43. The van der Waals surface area contributed by atoms with Crippen molar-refractivity contribution >= 4 is 33.4 Å². The molecule has 2 atom stereocenters. The average molecular weight is 417 g/mol. The number of carbonyl (C=O) groups excluding carboxylic acids is 2. The van der Waals surface area contributed by atoms with Crippen LogP contribution in [0.3, 0.4) is 0 Å². The van der Waals surface area contributed by atoms with Crippen LogP contribution in [0.1, 0.15) is 24.8 Å². The second-order valence-electron chi connectivity index (χ2n) is 6.22. The molecule has 5 nitrogen and oxygen atoms in total. The molecule has 6 heteroatoms. The Morgan fingerprint density at radius 2 is 1.81 bits per heavy atom. The van der Waals surface area contributed by atoms with Gasteiger partial charge in [-0.15, -0.1) is 0 Å². The van der Waals surface area contributed by atoms with Gasteiger partial charge in [0, 0.05) is 16.1 Å². The molecule has 0 heterocycles. The molecule has 2 N–H and O–H groups in total. The van der Waals surface area contributed by atoms with Crippen molar-refractivity contribution in [2.45, 2.75) is 19.3 Å². The van der Waals surface area contributed by atoms with Gasteiger partial charge in [-0.1, -0.05) is 28.1 Å². The molecule has 3 rings (SSSR count). The Morgan fingerprint density at radius 1 is 1.12 bits per heavy atom. The van der Waals surface area contributed by atoms with Gasteiger partial charge in [0.05, 0.1) is 13.2 Å². The van der Waals surface area contributed by atoms with Crippen molar-refractivity contribution in [3.05, 3.63) is 58.6 Å². The standard InChI is InChI=1S/C20H21BrN2O3/c1-2-26-16-9-7-15(8-10-16)23-19(24)12-22-20(25)18-11-17(18)13-3-5-14(21)6-4-13/h3-10,17-18H,2,11-12H2,1H3,(H,22,25)(H,23,24). The fourth-order valence-corrected chi connectivity index (χ4v) is 3.13. The Kier molecular flexibility index (Phi) is 5.93. The maximum atomic E-state index is 12.2. The van der Waals surface area contributed by atoms with Crippen molar-refractivity contribution < 1.29 is 14.3 Å². The van der Waals surface area contributed by atoms with Gasteiger partial charge in [0.25, 0.3) is 0 Å². The summed E-state index contributed by atoms with van der Waals surface area (Å²) < 4.78 is 6.38. The van der Waals surface area contributed by atoms with Gasteiger partial charge in [-0.05, 0) is 61.2 Å². The lowest BCUT2D eigenvalue weighted by atomic mass is 10.1. The minimum absolute atomic E-state index is 0.0321. The predicted molar refractivity (Wildman–Crippen MR) is 104 cm³/mol. The molecule has 1 aliphatic rings. The minimum Gasteiger partial charge on any atom is -0.494 e. The molecule has 0 bridgehead atoms. The van der Waals surface area contributed by atoms with E-state index in [0.717, 1.165) is 22.2 Å². The summed E-state index contributed by atoms with van der Waals surface area (Å²) in [4.78, 5) is 24.2. The molecule has 1 saturated carbocycles. The van der Waals surface area contributed by atoms with Gasteiger partial charge in [-0.25, -0.2) is 0 Å². The molecule has 0 saturated heterocycles. The zero-order chi connectivity index (χ0) is 18.5. The number of anilines is 1. The first-order valence-electron chi connectivity index (χ1n) is 8.62. The molecule has 136 valence electrons. The maximum Gasteiger partial charge on any atom is 0.243 e. The van der Waals surface area contributed by atoms with Gasteiger partial charge in [-0.2, -0.15) is 0 Å². The summed E-state index contributed by atoms with van der Waals surface area (Å²) in [6.45, 7) is 2.48. The molecule has 2 amide bonds. The van der Waals surface area contributed by atoms with Crippen LogP contribution in [0.25, 0.3) is 0 Å². The highest BCUT2D eigenvalue weighted by Gasteiger charge is 2.43. The molecule has 2 aromatic carbocycles. The second-order valence-corrected chi connectivity index (χ2v) is 7.14. The smallest absolute Gasteiger partial charge is 0.243 e. The number of benzene rings is 2. The zero-order valence-electron chi connectivity index (χ0n) is 14.5. The molecular formula is C20H21BrN2O3. The predicted octanol–water partition coefficient (Wildman–Crippen LogP) is 3.71. The third-order valence-corrected chi connectivity index (χ3v) is 4.83.